The number of hydrogen-bond donors (Lipinski definition) is 1. The zero-order valence-electron chi connectivity index (χ0n) is 8.33. The topological polar surface area (TPSA) is 41.6 Å². The fourth-order valence-corrected chi connectivity index (χ4v) is 0.726. The summed E-state index contributed by atoms with van der Waals surface area (Å²) in [6.07, 6.45) is 3.08. The van der Waals surface area contributed by atoms with E-state index in [1.165, 1.54) is 6.20 Å². The van der Waals surface area contributed by atoms with Gasteiger partial charge in [0.2, 0.25) is 0 Å². The standard InChI is InChI=1S/C9H16N2O2/c1-5-10-8(7-11(3)4)9(12)13-6-2/h5,7,10H,1,6H2,2-4H3/b8-7-. The number of hydrogen-bond acceptors (Lipinski definition) is 4. The molecule has 0 fully saturated rings. The number of nitrogens with one attached hydrogen (secondary N) is 1. The van der Waals surface area contributed by atoms with Gasteiger partial charge in [-0.3, -0.25) is 0 Å². The van der Waals surface area contributed by atoms with Crippen molar-refractivity contribution in [1.29, 1.82) is 0 Å². The molecular formula is C9H16N2O2. The quantitative estimate of drug-likeness (QED) is 0.504. The second-order valence-electron chi connectivity index (χ2n) is 2.58. The molecule has 0 spiro atoms. The molecule has 0 aliphatic rings. The SMILES string of the molecule is C=CN/C(=C\N(C)C)C(=O)OCC. The average molecular weight is 184 g/mol. The van der Waals surface area contributed by atoms with Crippen molar-refractivity contribution in [3.63, 3.8) is 0 Å². The van der Waals surface area contributed by atoms with Crippen LogP contribution in [0.3, 0.4) is 0 Å². The van der Waals surface area contributed by atoms with Crippen LogP contribution in [0.2, 0.25) is 0 Å². The first kappa shape index (κ1) is 11.6. The first-order chi connectivity index (χ1) is 6.11. The van der Waals surface area contributed by atoms with Gasteiger partial charge in [-0.15, -0.1) is 0 Å². The lowest BCUT2D eigenvalue weighted by Crippen LogP contribution is -2.20. The summed E-state index contributed by atoms with van der Waals surface area (Å²) >= 11 is 0. The summed E-state index contributed by atoms with van der Waals surface area (Å²) in [7, 11) is 3.65. The fraction of sp³-hybridized carbons (Fsp3) is 0.444. The molecule has 1 N–H and O–H groups in total. The molecule has 4 nitrogen and oxygen atoms in total. The Kier molecular flexibility index (Phi) is 5.43. The molecule has 0 saturated heterocycles. The highest BCUT2D eigenvalue weighted by atomic mass is 16.5. The normalized spacial score (nSPS) is 10.5. The Bertz CT molecular complexity index is 210. The van der Waals surface area contributed by atoms with Crippen LogP contribution in [0.25, 0.3) is 0 Å². The van der Waals surface area contributed by atoms with E-state index in [0.717, 1.165) is 0 Å². The van der Waals surface area contributed by atoms with Gasteiger partial charge in [0.25, 0.3) is 0 Å². The first-order valence-electron chi connectivity index (χ1n) is 4.04. The minimum atomic E-state index is -0.379. The van der Waals surface area contributed by atoms with Crippen LogP contribution in [0.5, 0.6) is 0 Å². The van der Waals surface area contributed by atoms with Gasteiger partial charge in [-0.2, -0.15) is 0 Å². The summed E-state index contributed by atoms with van der Waals surface area (Å²) in [5.74, 6) is -0.379. The van der Waals surface area contributed by atoms with Crippen molar-refractivity contribution in [1.82, 2.24) is 10.2 Å². The minimum absolute atomic E-state index is 0.364. The Hall–Kier alpha value is -1.45. The molecule has 0 aliphatic heterocycles. The van der Waals surface area contributed by atoms with Gasteiger partial charge in [-0.1, -0.05) is 6.58 Å². The van der Waals surface area contributed by atoms with Crippen molar-refractivity contribution in [2.45, 2.75) is 6.92 Å². The van der Waals surface area contributed by atoms with Gasteiger partial charge < -0.3 is 15.0 Å². The Morgan fingerprint density at radius 2 is 2.23 bits per heavy atom. The predicted molar refractivity (Wildman–Crippen MR) is 51.7 cm³/mol. The van der Waals surface area contributed by atoms with Crippen LogP contribution in [0.1, 0.15) is 6.92 Å². The van der Waals surface area contributed by atoms with Gasteiger partial charge in [-0.25, -0.2) is 4.79 Å². The minimum Gasteiger partial charge on any atom is -0.461 e. The van der Waals surface area contributed by atoms with E-state index in [-0.39, 0.29) is 5.97 Å². The molecule has 0 aromatic heterocycles. The summed E-state index contributed by atoms with van der Waals surface area (Å²) in [5, 5.41) is 2.71. The van der Waals surface area contributed by atoms with E-state index in [0.29, 0.717) is 12.3 Å². The van der Waals surface area contributed by atoms with Gasteiger partial charge in [0.1, 0.15) is 5.70 Å². The van der Waals surface area contributed by atoms with E-state index < -0.39 is 0 Å². The fourth-order valence-electron chi connectivity index (χ4n) is 0.726. The third kappa shape index (κ3) is 4.90. The van der Waals surface area contributed by atoms with Crippen molar-refractivity contribution in [3.05, 3.63) is 24.7 Å². The van der Waals surface area contributed by atoms with Crippen LogP contribution in [-0.2, 0) is 9.53 Å². The Balaban J connectivity index is 4.40. The second kappa shape index (κ2) is 6.11. The molecule has 0 atom stereocenters. The van der Waals surface area contributed by atoms with Gasteiger partial charge >= 0.3 is 5.97 Å². The Morgan fingerprint density at radius 3 is 2.62 bits per heavy atom. The molecule has 0 aromatic carbocycles. The number of nitrogens with zero attached hydrogens (tertiary/aromatic N) is 1. The largest absolute Gasteiger partial charge is 0.461 e. The molecular weight excluding hydrogens is 168 g/mol. The number of rotatable bonds is 5. The third-order valence-corrected chi connectivity index (χ3v) is 1.14. The maximum atomic E-state index is 11.2. The molecule has 0 rings (SSSR count). The van der Waals surface area contributed by atoms with Crippen LogP contribution in [0, 0.1) is 0 Å². The van der Waals surface area contributed by atoms with Crippen LogP contribution >= 0.6 is 0 Å². The predicted octanol–water partition coefficient (Wildman–Crippen LogP) is 0.686. The van der Waals surface area contributed by atoms with Gasteiger partial charge in [-0.05, 0) is 13.1 Å². The summed E-state index contributed by atoms with van der Waals surface area (Å²) in [5.41, 5.74) is 0.377. The highest BCUT2D eigenvalue weighted by Gasteiger charge is 2.08. The molecule has 4 heteroatoms. The summed E-state index contributed by atoms with van der Waals surface area (Å²) in [4.78, 5) is 13.0. The van der Waals surface area contributed by atoms with Crippen LogP contribution in [0.15, 0.2) is 24.7 Å². The van der Waals surface area contributed by atoms with E-state index in [9.17, 15) is 4.79 Å². The van der Waals surface area contributed by atoms with Crippen molar-refractivity contribution < 1.29 is 9.53 Å². The van der Waals surface area contributed by atoms with Gasteiger partial charge in [0.15, 0.2) is 0 Å². The molecule has 0 amide bonds. The molecule has 0 bridgehead atoms. The third-order valence-electron chi connectivity index (χ3n) is 1.14. The number of carbonyl (C=O) groups excluding carboxylic acids is 1. The van der Waals surface area contributed by atoms with Crippen molar-refractivity contribution in [2.24, 2.45) is 0 Å². The van der Waals surface area contributed by atoms with E-state index in [1.807, 2.05) is 14.1 Å². The van der Waals surface area contributed by atoms with Gasteiger partial charge in [0.05, 0.1) is 6.61 Å². The molecule has 13 heavy (non-hydrogen) atoms. The van der Waals surface area contributed by atoms with E-state index >= 15 is 0 Å². The zero-order valence-corrected chi connectivity index (χ0v) is 8.33. The number of ether oxygens (including phenoxy) is 1. The smallest absolute Gasteiger partial charge is 0.356 e. The van der Waals surface area contributed by atoms with E-state index in [1.54, 1.807) is 18.0 Å². The van der Waals surface area contributed by atoms with Crippen molar-refractivity contribution >= 4 is 5.97 Å². The molecule has 74 valence electrons. The Morgan fingerprint density at radius 1 is 1.62 bits per heavy atom. The molecule has 0 aliphatic carbocycles. The van der Waals surface area contributed by atoms with Crippen molar-refractivity contribution in [3.8, 4) is 0 Å². The molecule has 0 aromatic rings. The zero-order chi connectivity index (χ0) is 10.3. The average Bonchev–Trinajstić information content (AvgIpc) is 2.03. The highest BCUT2D eigenvalue weighted by Crippen LogP contribution is 1.95. The van der Waals surface area contributed by atoms with Crippen LogP contribution in [0.4, 0.5) is 0 Å². The summed E-state index contributed by atoms with van der Waals surface area (Å²) < 4.78 is 4.81. The maximum absolute atomic E-state index is 11.2. The molecule has 0 radical (unpaired) electrons. The summed E-state index contributed by atoms with van der Waals surface area (Å²) in [6, 6.07) is 0. The first-order valence-corrected chi connectivity index (χ1v) is 4.04. The van der Waals surface area contributed by atoms with E-state index in [4.69, 9.17) is 4.74 Å². The maximum Gasteiger partial charge on any atom is 0.356 e. The Labute approximate surface area is 78.9 Å². The van der Waals surface area contributed by atoms with E-state index in [2.05, 4.69) is 11.9 Å². The van der Waals surface area contributed by atoms with Crippen LogP contribution in [-0.4, -0.2) is 31.6 Å². The lowest BCUT2D eigenvalue weighted by atomic mass is 10.4. The highest BCUT2D eigenvalue weighted by molar-refractivity contribution is 5.87. The molecule has 0 saturated carbocycles. The lowest BCUT2D eigenvalue weighted by Gasteiger charge is -2.10. The number of esters is 1. The molecule has 0 unspecified atom stereocenters. The monoisotopic (exact) mass is 184 g/mol. The van der Waals surface area contributed by atoms with Crippen molar-refractivity contribution in [2.75, 3.05) is 20.7 Å². The summed E-state index contributed by atoms with van der Waals surface area (Å²) in [6.45, 7) is 5.60. The van der Waals surface area contributed by atoms with Gasteiger partial charge in [0, 0.05) is 20.3 Å². The van der Waals surface area contributed by atoms with Crippen LogP contribution < -0.4 is 5.32 Å². The second-order valence-corrected chi connectivity index (χ2v) is 2.58. The molecule has 0 heterocycles. The number of carbonyl (C=O) groups is 1. The lowest BCUT2D eigenvalue weighted by molar-refractivity contribution is -0.138.